The molecule has 2 N–H and O–H groups in total. The van der Waals surface area contributed by atoms with Crippen molar-refractivity contribution in [2.75, 3.05) is 13.1 Å². The van der Waals surface area contributed by atoms with Crippen LogP contribution in [0.1, 0.15) is 49.8 Å². The lowest BCUT2D eigenvalue weighted by atomic mass is 9.82. The van der Waals surface area contributed by atoms with Crippen molar-refractivity contribution in [2.45, 2.75) is 45.4 Å². The van der Waals surface area contributed by atoms with E-state index >= 15 is 0 Å². The lowest BCUT2D eigenvalue weighted by Crippen LogP contribution is -2.14. The van der Waals surface area contributed by atoms with Crippen molar-refractivity contribution in [3.8, 4) is 5.75 Å². The molecule has 1 unspecified atom stereocenters. The summed E-state index contributed by atoms with van der Waals surface area (Å²) in [4.78, 5) is 0. The van der Waals surface area contributed by atoms with Crippen molar-refractivity contribution in [3.63, 3.8) is 0 Å². The fourth-order valence-electron chi connectivity index (χ4n) is 2.61. The predicted octanol–water partition coefficient (Wildman–Crippen LogP) is 3.08. The topological polar surface area (TPSA) is 32.3 Å². The average molecular weight is 233 g/mol. The summed E-state index contributed by atoms with van der Waals surface area (Å²) in [5.41, 5.74) is 3.44. The zero-order valence-corrected chi connectivity index (χ0v) is 11.3. The van der Waals surface area contributed by atoms with E-state index in [9.17, 15) is 5.11 Å². The Morgan fingerprint density at radius 1 is 1.29 bits per heavy atom. The standard InChI is InChI=1S/C15H23NO/c1-10-7-12(11-5-6-16-9-11)14(17)13(8-10)15(2,3)4/h7-8,11,16-17H,5-6,9H2,1-4H3. The van der Waals surface area contributed by atoms with Gasteiger partial charge in [0.2, 0.25) is 0 Å². The molecule has 1 aromatic rings. The van der Waals surface area contributed by atoms with Crippen LogP contribution in [0.3, 0.4) is 0 Å². The number of phenolic OH excluding ortho intramolecular Hbond substituents is 1. The Morgan fingerprint density at radius 2 is 2.00 bits per heavy atom. The quantitative estimate of drug-likeness (QED) is 0.781. The number of rotatable bonds is 1. The number of nitrogens with one attached hydrogen (secondary N) is 1. The second-order valence-corrected chi connectivity index (χ2v) is 6.19. The summed E-state index contributed by atoms with van der Waals surface area (Å²) in [6.45, 7) is 10.6. The van der Waals surface area contributed by atoms with Crippen molar-refractivity contribution >= 4 is 0 Å². The summed E-state index contributed by atoms with van der Waals surface area (Å²) in [7, 11) is 0. The molecule has 0 amide bonds. The molecule has 1 aliphatic rings. The molecule has 0 aliphatic carbocycles. The largest absolute Gasteiger partial charge is 0.507 e. The van der Waals surface area contributed by atoms with Gasteiger partial charge in [0.15, 0.2) is 0 Å². The highest BCUT2D eigenvalue weighted by Gasteiger charge is 2.25. The number of benzene rings is 1. The van der Waals surface area contributed by atoms with Crippen molar-refractivity contribution in [3.05, 3.63) is 28.8 Å². The zero-order chi connectivity index (χ0) is 12.6. The van der Waals surface area contributed by atoms with Gasteiger partial charge in [-0.3, -0.25) is 0 Å². The SMILES string of the molecule is Cc1cc(C2CCNC2)c(O)c(C(C)(C)C)c1. The van der Waals surface area contributed by atoms with Crippen LogP contribution >= 0.6 is 0 Å². The van der Waals surface area contributed by atoms with Gasteiger partial charge in [-0.2, -0.15) is 0 Å². The number of hydrogen-bond donors (Lipinski definition) is 2. The number of aromatic hydroxyl groups is 1. The van der Waals surface area contributed by atoms with Crippen LogP contribution < -0.4 is 5.32 Å². The molecular formula is C15H23NO. The second kappa shape index (κ2) is 4.34. The molecule has 1 atom stereocenters. The summed E-state index contributed by atoms with van der Waals surface area (Å²) in [6.07, 6.45) is 1.13. The van der Waals surface area contributed by atoms with Gasteiger partial charge in [0, 0.05) is 12.5 Å². The van der Waals surface area contributed by atoms with Crippen molar-refractivity contribution in [2.24, 2.45) is 0 Å². The van der Waals surface area contributed by atoms with Gasteiger partial charge in [0.1, 0.15) is 5.75 Å². The molecular weight excluding hydrogens is 210 g/mol. The van der Waals surface area contributed by atoms with Crippen LogP contribution in [-0.2, 0) is 5.41 Å². The van der Waals surface area contributed by atoms with Crippen LogP contribution in [0.5, 0.6) is 5.75 Å². The van der Waals surface area contributed by atoms with Crippen LogP contribution in [0.4, 0.5) is 0 Å². The number of phenols is 1. The fraction of sp³-hybridized carbons (Fsp3) is 0.600. The molecule has 0 aromatic heterocycles. The van der Waals surface area contributed by atoms with Crippen LogP contribution in [0, 0.1) is 6.92 Å². The van der Waals surface area contributed by atoms with E-state index in [-0.39, 0.29) is 5.41 Å². The molecule has 0 radical (unpaired) electrons. The Labute approximate surface area is 104 Å². The van der Waals surface area contributed by atoms with Crippen LogP contribution in [0.15, 0.2) is 12.1 Å². The van der Waals surface area contributed by atoms with Gasteiger partial charge in [0.05, 0.1) is 0 Å². The molecule has 1 saturated heterocycles. The highest BCUT2D eigenvalue weighted by atomic mass is 16.3. The van der Waals surface area contributed by atoms with Gasteiger partial charge in [-0.1, -0.05) is 38.5 Å². The first-order valence-electron chi connectivity index (χ1n) is 6.44. The molecule has 1 heterocycles. The normalized spacial score (nSPS) is 20.8. The molecule has 2 nitrogen and oxygen atoms in total. The third-order valence-electron chi connectivity index (χ3n) is 3.59. The minimum atomic E-state index is -0.00309. The van der Waals surface area contributed by atoms with Gasteiger partial charge in [-0.05, 0) is 36.4 Å². The molecule has 2 heteroatoms. The summed E-state index contributed by atoms with van der Waals surface area (Å²) < 4.78 is 0. The number of hydrogen-bond acceptors (Lipinski definition) is 2. The molecule has 17 heavy (non-hydrogen) atoms. The minimum Gasteiger partial charge on any atom is -0.507 e. The molecule has 1 aliphatic heterocycles. The maximum absolute atomic E-state index is 10.5. The van der Waals surface area contributed by atoms with Crippen molar-refractivity contribution in [1.82, 2.24) is 5.32 Å². The van der Waals surface area contributed by atoms with Crippen molar-refractivity contribution in [1.29, 1.82) is 0 Å². The molecule has 1 aromatic carbocycles. The first kappa shape index (κ1) is 12.4. The van der Waals surface area contributed by atoms with E-state index in [2.05, 4.69) is 45.1 Å². The second-order valence-electron chi connectivity index (χ2n) is 6.19. The predicted molar refractivity (Wildman–Crippen MR) is 71.8 cm³/mol. The van der Waals surface area contributed by atoms with E-state index in [1.807, 2.05) is 0 Å². The summed E-state index contributed by atoms with van der Waals surface area (Å²) in [5, 5.41) is 13.8. The van der Waals surface area contributed by atoms with Gasteiger partial charge < -0.3 is 10.4 Å². The Bertz CT molecular complexity index is 412. The third kappa shape index (κ3) is 2.47. The zero-order valence-electron chi connectivity index (χ0n) is 11.3. The van der Waals surface area contributed by atoms with Gasteiger partial charge in [-0.25, -0.2) is 0 Å². The summed E-state index contributed by atoms with van der Waals surface area (Å²) in [6, 6.07) is 4.25. The molecule has 1 fully saturated rings. The van der Waals surface area contributed by atoms with Crippen molar-refractivity contribution < 1.29 is 5.11 Å². The maximum Gasteiger partial charge on any atom is 0.122 e. The molecule has 94 valence electrons. The van der Waals surface area contributed by atoms with E-state index in [4.69, 9.17) is 0 Å². The monoisotopic (exact) mass is 233 g/mol. The van der Waals surface area contributed by atoms with Gasteiger partial charge >= 0.3 is 0 Å². The maximum atomic E-state index is 10.5. The smallest absolute Gasteiger partial charge is 0.122 e. The molecule has 0 bridgehead atoms. The van der Waals surface area contributed by atoms with E-state index in [0.29, 0.717) is 11.7 Å². The van der Waals surface area contributed by atoms with Crippen LogP contribution in [-0.4, -0.2) is 18.2 Å². The van der Waals surface area contributed by atoms with E-state index in [1.54, 1.807) is 0 Å². The highest BCUT2D eigenvalue weighted by Crippen LogP contribution is 2.39. The van der Waals surface area contributed by atoms with E-state index in [0.717, 1.165) is 30.6 Å². The Morgan fingerprint density at radius 3 is 2.53 bits per heavy atom. The van der Waals surface area contributed by atoms with E-state index in [1.165, 1.54) is 5.56 Å². The Balaban J connectivity index is 2.49. The lowest BCUT2D eigenvalue weighted by molar-refractivity contribution is 0.435. The van der Waals surface area contributed by atoms with Gasteiger partial charge in [-0.15, -0.1) is 0 Å². The summed E-state index contributed by atoms with van der Waals surface area (Å²) in [5.74, 6) is 0.979. The molecule has 0 spiro atoms. The first-order valence-corrected chi connectivity index (χ1v) is 6.44. The number of aryl methyl sites for hydroxylation is 1. The van der Waals surface area contributed by atoms with Crippen LogP contribution in [0.25, 0.3) is 0 Å². The Hall–Kier alpha value is -1.02. The highest BCUT2D eigenvalue weighted by molar-refractivity contribution is 5.48. The molecule has 0 saturated carbocycles. The third-order valence-corrected chi connectivity index (χ3v) is 3.59. The lowest BCUT2D eigenvalue weighted by Gasteiger charge is -2.24. The summed E-state index contributed by atoms with van der Waals surface area (Å²) >= 11 is 0. The van der Waals surface area contributed by atoms with Crippen LogP contribution in [0.2, 0.25) is 0 Å². The first-order chi connectivity index (χ1) is 7.89. The fourth-order valence-corrected chi connectivity index (χ4v) is 2.61. The van der Waals surface area contributed by atoms with Gasteiger partial charge in [0.25, 0.3) is 0 Å². The molecule has 2 rings (SSSR count). The average Bonchev–Trinajstić information content (AvgIpc) is 2.72. The minimum absolute atomic E-state index is 0.00309. The van der Waals surface area contributed by atoms with E-state index < -0.39 is 0 Å². The Kier molecular flexibility index (Phi) is 3.17.